The van der Waals surface area contributed by atoms with Crippen molar-refractivity contribution in [1.29, 1.82) is 0 Å². The van der Waals surface area contributed by atoms with Crippen molar-refractivity contribution in [2.75, 3.05) is 40.3 Å². The van der Waals surface area contributed by atoms with Crippen molar-refractivity contribution < 1.29 is 28.4 Å². The Morgan fingerprint density at radius 1 is 1.50 bits per heavy atom. The summed E-state index contributed by atoms with van der Waals surface area (Å²) in [5.74, 6) is -1.85. The third kappa shape index (κ3) is 4.88. The molecule has 24 heavy (non-hydrogen) atoms. The minimum atomic E-state index is -3.81. The molecule has 0 aromatic carbocycles. The topological polar surface area (TPSA) is 156 Å². The predicted octanol–water partition coefficient (Wildman–Crippen LogP) is -2.65. The molecule has 0 bridgehead atoms. The molecule has 0 saturated carbocycles. The molecule has 1 saturated heterocycles. The molecule has 1 heterocycles. The highest BCUT2D eigenvalue weighted by molar-refractivity contribution is 7.86. The molecule has 0 aromatic rings. The zero-order valence-electron chi connectivity index (χ0n) is 14.1. The molecule has 2 atom stereocenters. The van der Waals surface area contributed by atoms with E-state index in [9.17, 15) is 18.3 Å². The van der Waals surface area contributed by atoms with Gasteiger partial charge in [0.2, 0.25) is 0 Å². The fourth-order valence-electron chi connectivity index (χ4n) is 2.79. The smallest absolute Gasteiger partial charge is 0.451 e. The zero-order valence-corrected chi connectivity index (χ0v) is 14.9. The lowest BCUT2D eigenvalue weighted by molar-refractivity contribution is -0.144. The van der Waals surface area contributed by atoms with Crippen LogP contribution in [0.25, 0.3) is 0 Å². The molecule has 1 rings (SSSR count). The average Bonchev–Trinajstić information content (AvgIpc) is 2.83. The van der Waals surface area contributed by atoms with Crippen molar-refractivity contribution in [3.8, 4) is 0 Å². The van der Waals surface area contributed by atoms with E-state index in [2.05, 4.69) is 5.32 Å². The Morgan fingerprint density at radius 2 is 2.12 bits per heavy atom. The fourth-order valence-corrected chi connectivity index (χ4v) is 4.25. The summed E-state index contributed by atoms with van der Waals surface area (Å²) in [4.78, 5) is 11.6. The minimum absolute atomic E-state index is 0.00342. The van der Waals surface area contributed by atoms with Gasteiger partial charge in [0.25, 0.3) is 10.2 Å². The number of carbonyl (C=O) groups is 1. The van der Waals surface area contributed by atoms with E-state index >= 15 is 0 Å². The summed E-state index contributed by atoms with van der Waals surface area (Å²) in [5, 5.41) is 30.1. The summed E-state index contributed by atoms with van der Waals surface area (Å²) in [7, 11) is -2.14. The van der Waals surface area contributed by atoms with Crippen LogP contribution in [-0.2, 0) is 15.0 Å². The van der Waals surface area contributed by atoms with Crippen LogP contribution < -0.4 is 11.1 Å². The van der Waals surface area contributed by atoms with E-state index in [1.165, 1.54) is 7.05 Å². The molecular weight excluding hydrogens is 339 g/mol. The number of carboxylic acids is 1. The fraction of sp³-hybridized carbons (Fsp3) is 0.917. The van der Waals surface area contributed by atoms with Crippen LogP contribution in [0.2, 0.25) is 6.32 Å². The maximum Gasteiger partial charge on any atom is 0.451 e. The molecule has 12 heteroatoms. The van der Waals surface area contributed by atoms with Crippen molar-refractivity contribution in [3.05, 3.63) is 0 Å². The van der Waals surface area contributed by atoms with Crippen LogP contribution in [0.3, 0.4) is 0 Å². The van der Waals surface area contributed by atoms with Gasteiger partial charge in [0.1, 0.15) is 5.54 Å². The number of hydrogen-bond donors (Lipinski definition) is 5. The Kier molecular flexibility index (Phi) is 7.59. The second-order valence-corrected chi connectivity index (χ2v) is 8.21. The Morgan fingerprint density at radius 3 is 2.62 bits per heavy atom. The van der Waals surface area contributed by atoms with Crippen molar-refractivity contribution in [2.45, 2.75) is 24.7 Å². The summed E-state index contributed by atoms with van der Waals surface area (Å²) < 4.78 is 27.4. The van der Waals surface area contributed by atoms with Crippen LogP contribution in [0.4, 0.5) is 0 Å². The first kappa shape index (κ1) is 21.3. The van der Waals surface area contributed by atoms with Crippen molar-refractivity contribution >= 4 is 23.3 Å². The highest BCUT2D eigenvalue weighted by Crippen LogP contribution is 2.32. The van der Waals surface area contributed by atoms with E-state index in [4.69, 9.17) is 15.8 Å². The molecule has 1 aliphatic heterocycles. The monoisotopic (exact) mass is 366 g/mol. The zero-order chi connectivity index (χ0) is 18.5. The maximum absolute atomic E-state index is 12.6. The summed E-state index contributed by atoms with van der Waals surface area (Å²) in [6.45, 7) is 0.410. The van der Waals surface area contributed by atoms with Crippen molar-refractivity contribution in [3.63, 3.8) is 0 Å². The second-order valence-electron chi connectivity index (χ2n) is 6.18. The first-order valence-electron chi connectivity index (χ1n) is 7.80. The average molecular weight is 366 g/mol. The van der Waals surface area contributed by atoms with E-state index in [1.807, 2.05) is 0 Å². The molecule has 0 unspecified atom stereocenters. The van der Waals surface area contributed by atoms with E-state index in [0.29, 0.717) is 19.4 Å². The Hall–Kier alpha value is -0.755. The highest BCUT2D eigenvalue weighted by Gasteiger charge is 2.52. The van der Waals surface area contributed by atoms with Gasteiger partial charge in [0.15, 0.2) is 0 Å². The van der Waals surface area contributed by atoms with Gasteiger partial charge in [-0.15, -0.1) is 0 Å². The molecule has 0 radical (unpaired) electrons. The number of likely N-dealkylation sites (N-methyl/N-ethyl adjacent to an activating group) is 2. The van der Waals surface area contributed by atoms with Crippen LogP contribution >= 0.6 is 0 Å². The third-order valence-electron chi connectivity index (χ3n) is 4.40. The van der Waals surface area contributed by atoms with Crippen molar-refractivity contribution in [2.24, 2.45) is 11.7 Å². The summed E-state index contributed by atoms with van der Waals surface area (Å²) >= 11 is 0. The molecule has 1 aliphatic rings. The van der Waals surface area contributed by atoms with Gasteiger partial charge >= 0.3 is 13.1 Å². The highest BCUT2D eigenvalue weighted by atomic mass is 32.2. The standard InChI is InChI=1S/C12H27BN4O6S/c1-15-6-7-16(2)24(22,23)17-8-10(4-3-5-13(20)21)12(14,9-17)11(18)19/h10,15,20-21H,3-9,14H2,1-2H3,(H,18,19)/t10-,12-/m1/s1. The molecule has 0 aliphatic carbocycles. The van der Waals surface area contributed by atoms with Gasteiger partial charge in [-0.05, 0) is 19.8 Å². The molecule has 10 nitrogen and oxygen atoms in total. The van der Waals surface area contributed by atoms with Crippen LogP contribution in [0.15, 0.2) is 0 Å². The van der Waals surface area contributed by atoms with Crippen LogP contribution in [0, 0.1) is 5.92 Å². The van der Waals surface area contributed by atoms with Gasteiger partial charge in [0, 0.05) is 39.1 Å². The summed E-state index contributed by atoms with van der Waals surface area (Å²) in [5.41, 5.74) is 4.31. The van der Waals surface area contributed by atoms with Crippen LogP contribution in [0.1, 0.15) is 12.8 Å². The predicted molar refractivity (Wildman–Crippen MR) is 89.3 cm³/mol. The molecule has 6 N–H and O–H groups in total. The van der Waals surface area contributed by atoms with Gasteiger partial charge in [-0.3, -0.25) is 4.79 Å². The number of nitrogens with one attached hydrogen (secondary N) is 1. The number of aliphatic carboxylic acids is 1. The summed E-state index contributed by atoms with van der Waals surface area (Å²) in [6, 6.07) is 0. The largest absolute Gasteiger partial charge is 0.480 e. The van der Waals surface area contributed by atoms with E-state index in [0.717, 1.165) is 8.61 Å². The molecule has 1 fully saturated rings. The lowest BCUT2D eigenvalue weighted by Gasteiger charge is -2.26. The van der Waals surface area contributed by atoms with E-state index in [1.54, 1.807) is 7.05 Å². The molecule has 0 amide bonds. The molecule has 140 valence electrons. The quantitative estimate of drug-likeness (QED) is 0.263. The first-order chi connectivity index (χ1) is 11.1. The number of hydrogen-bond acceptors (Lipinski definition) is 7. The minimum Gasteiger partial charge on any atom is -0.480 e. The lowest BCUT2D eigenvalue weighted by Crippen LogP contribution is -2.55. The normalized spacial score (nSPS) is 25.3. The van der Waals surface area contributed by atoms with Gasteiger partial charge in [0.05, 0.1) is 0 Å². The van der Waals surface area contributed by atoms with Crippen LogP contribution in [0.5, 0.6) is 0 Å². The Bertz CT molecular complexity index is 534. The maximum atomic E-state index is 12.6. The molecule has 0 spiro atoms. The SMILES string of the molecule is CNCCN(C)S(=O)(=O)N1C[C@@H](CCCB(O)O)[C@@](N)(C(=O)O)C1. The Balaban J connectivity index is 2.87. The number of nitrogens with two attached hydrogens (primary N) is 1. The lowest BCUT2D eigenvalue weighted by atomic mass is 9.78. The van der Waals surface area contributed by atoms with Gasteiger partial charge in [-0.25, -0.2) is 0 Å². The first-order valence-corrected chi connectivity index (χ1v) is 9.19. The number of rotatable bonds is 10. The molecule has 0 aromatic heterocycles. The van der Waals surface area contributed by atoms with Crippen LogP contribution in [-0.4, -0.2) is 91.1 Å². The summed E-state index contributed by atoms with van der Waals surface area (Å²) in [6.07, 6.45) is 0.728. The van der Waals surface area contributed by atoms with Crippen molar-refractivity contribution in [1.82, 2.24) is 13.9 Å². The Labute approximate surface area is 142 Å². The van der Waals surface area contributed by atoms with Gasteiger partial charge in [-0.2, -0.15) is 17.0 Å². The number of nitrogens with zero attached hydrogens (tertiary/aromatic N) is 2. The number of carboxylic acid groups (broad SMARTS) is 1. The van der Waals surface area contributed by atoms with E-state index < -0.39 is 34.8 Å². The third-order valence-corrected chi connectivity index (χ3v) is 6.30. The molecular formula is C12H27BN4O6S. The second kappa shape index (κ2) is 8.56. The van der Waals surface area contributed by atoms with Gasteiger partial charge < -0.3 is 26.2 Å². The van der Waals surface area contributed by atoms with E-state index in [-0.39, 0.29) is 26.0 Å². The van der Waals surface area contributed by atoms with Gasteiger partial charge in [-0.1, -0.05) is 6.42 Å².